The SMILES string of the molecule is C[C@H](NC(=O)CCc1nnc(-c2ccsc2)o1)c1ccc(F)cc1. The Morgan fingerprint density at radius 1 is 1.29 bits per heavy atom. The van der Waals surface area contributed by atoms with Gasteiger partial charge in [-0.1, -0.05) is 12.1 Å². The maximum absolute atomic E-state index is 12.9. The Morgan fingerprint density at radius 3 is 2.79 bits per heavy atom. The molecular weight excluding hydrogens is 329 g/mol. The van der Waals surface area contributed by atoms with Crippen molar-refractivity contribution in [3.8, 4) is 11.5 Å². The van der Waals surface area contributed by atoms with E-state index < -0.39 is 0 Å². The van der Waals surface area contributed by atoms with E-state index in [2.05, 4.69) is 15.5 Å². The molecule has 0 aliphatic rings. The van der Waals surface area contributed by atoms with Crippen LogP contribution in [0.3, 0.4) is 0 Å². The maximum atomic E-state index is 12.9. The van der Waals surface area contributed by atoms with E-state index in [-0.39, 0.29) is 24.2 Å². The summed E-state index contributed by atoms with van der Waals surface area (Å²) in [6, 6.07) is 7.78. The lowest BCUT2D eigenvalue weighted by atomic mass is 10.1. The van der Waals surface area contributed by atoms with Crippen LogP contribution in [0, 0.1) is 5.82 Å². The summed E-state index contributed by atoms with van der Waals surface area (Å²) >= 11 is 1.55. The molecule has 24 heavy (non-hydrogen) atoms. The molecule has 0 unspecified atom stereocenters. The fourth-order valence-electron chi connectivity index (χ4n) is 2.23. The van der Waals surface area contributed by atoms with Crippen molar-refractivity contribution in [3.05, 3.63) is 58.4 Å². The minimum Gasteiger partial charge on any atom is -0.421 e. The molecule has 124 valence electrons. The van der Waals surface area contributed by atoms with Crippen molar-refractivity contribution < 1.29 is 13.6 Å². The van der Waals surface area contributed by atoms with Crippen LogP contribution < -0.4 is 5.32 Å². The Hall–Kier alpha value is -2.54. The second kappa shape index (κ2) is 7.35. The Balaban J connectivity index is 1.51. The van der Waals surface area contributed by atoms with Crippen molar-refractivity contribution in [1.29, 1.82) is 0 Å². The summed E-state index contributed by atoms with van der Waals surface area (Å²) in [6.45, 7) is 1.85. The number of hydrogen-bond acceptors (Lipinski definition) is 5. The smallest absolute Gasteiger partial charge is 0.248 e. The van der Waals surface area contributed by atoms with Gasteiger partial charge in [-0.15, -0.1) is 10.2 Å². The molecule has 2 aromatic heterocycles. The highest BCUT2D eigenvalue weighted by atomic mass is 32.1. The Labute approximate surface area is 142 Å². The minimum absolute atomic E-state index is 0.123. The van der Waals surface area contributed by atoms with Crippen LogP contribution in [0.15, 0.2) is 45.5 Å². The molecule has 7 heteroatoms. The lowest BCUT2D eigenvalue weighted by molar-refractivity contribution is -0.121. The molecule has 0 radical (unpaired) electrons. The summed E-state index contributed by atoms with van der Waals surface area (Å²) in [4.78, 5) is 12.0. The molecule has 0 fully saturated rings. The van der Waals surface area contributed by atoms with Gasteiger partial charge in [0.15, 0.2) is 0 Å². The topological polar surface area (TPSA) is 68.0 Å². The van der Waals surface area contributed by atoms with Gasteiger partial charge in [0.2, 0.25) is 17.7 Å². The van der Waals surface area contributed by atoms with Crippen LogP contribution >= 0.6 is 11.3 Å². The summed E-state index contributed by atoms with van der Waals surface area (Å²) in [7, 11) is 0. The zero-order chi connectivity index (χ0) is 16.9. The number of halogens is 1. The molecule has 3 aromatic rings. The molecule has 5 nitrogen and oxygen atoms in total. The highest BCUT2D eigenvalue weighted by molar-refractivity contribution is 7.08. The van der Waals surface area contributed by atoms with E-state index in [9.17, 15) is 9.18 Å². The quantitative estimate of drug-likeness (QED) is 0.739. The lowest BCUT2D eigenvalue weighted by Gasteiger charge is -2.13. The van der Waals surface area contributed by atoms with Crippen molar-refractivity contribution in [2.75, 3.05) is 0 Å². The minimum atomic E-state index is -0.296. The van der Waals surface area contributed by atoms with Crippen molar-refractivity contribution in [1.82, 2.24) is 15.5 Å². The molecule has 2 heterocycles. The normalized spacial score (nSPS) is 12.1. The van der Waals surface area contributed by atoms with Gasteiger partial charge >= 0.3 is 0 Å². The van der Waals surface area contributed by atoms with Gasteiger partial charge in [-0.05, 0) is 36.1 Å². The molecule has 0 spiro atoms. The van der Waals surface area contributed by atoms with Gasteiger partial charge in [0, 0.05) is 23.8 Å². The zero-order valence-corrected chi connectivity index (χ0v) is 13.8. The number of thiophene rings is 1. The van der Waals surface area contributed by atoms with E-state index in [1.807, 2.05) is 23.8 Å². The van der Waals surface area contributed by atoms with Gasteiger partial charge in [0.1, 0.15) is 5.82 Å². The van der Waals surface area contributed by atoms with Crippen molar-refractivity contribution in [2.24, 2.45) is 0 Å². The molecule has 3 rings (SSSR count). The lowest BCUT2D eigenvalue weighted by Crippen LogP contribution is -2.26. The van der Waals surface area contributed by atoms with E-state index in [4.69, 9.17) is 4.42 Å². The second-order valence-electron chi connectivity index (χ2n) is 5.35. The number of aromatic nitrogens is 2. The third-order valence-electron chi connectivity index (χ3n) is 3.55. The first kappa shape index (κ1) is 16.3. The zero-order valence-electron chi connectivity index (χ0n) is 13.0. The van der Waals surface area contributed by atoms with Gasteiger partial charge < -0.3 is 9.73 Å². The molecule has 1 atom stereocenters. The molecule has 0 saturated carbocycles. The highest BCUT2D eigenvalue weighted by Crippen LogP contribution is 2.21. The van der Waals surface area contributed by atoms with E-state index in [1.165, 1.54) is 12.1 Å². The largest absolute Gasteiger partial charge is 0.421 e. The monoisotopic (exact) mass is 345 g/mol. The molecule has 0 saturated heterocycles. The predicted octanol–water partition coefficient (Wildman–Crippen LogP) is 3.75. The molecule has 1 amide bonds. The number of aryl methyl sites for hydroxylation is 1. The molecule has 0 bridgehead atoms. The van der Waals surface area contributed by atoms with Gasteiger partial charge in [0.05, 0.1) is 6.04 Å². The Kier molecular flexibility index (Phi) is 5.00. The summed E-state index contributed by atoms with van der Waals surface area (Å²) in [5, 5.41) is 14.7. The van der Waals surface area contributed by atoms with Crippen LogP contribution in [0.2, 0.25) is 0 Å². The fourth-order valence-corrected chi connectivity index (χ4v) is 2.86. The summed E-state index contributed by atoms with van der Waals surface area (Å²) in [6.07, 6.45) is 0.621. The number of carbonyl (C=O) groups is 1. The third-order valence-corrected chi connectivity index (χ3v) is 4.23. The number of nitrogens with one attached hydrogen (secondary N) is 1. The summed E-state index contributed by atoms with van der Waals surface area (Å²) < 4.78 is 18.5. The van der Waals surface area contributed by atoms with E-state index in [0.717, 1.165) is 11.1 Å². The number of rotatable bonds is 6. The van der Waals surface area contributed by atoms with Gasteiger partial charge in [-0.3, -0.25) is 4.79 Å². The number of hydrogen-bond donors (Lipinski definition) is 1. The third kappa shape index (κ3) is 4.05. The van der Waals surface area contributed by atoms with Crippen molar-refractivity contribution in [3.63, 3.8) is 0 Å². The number of amides is 1. The first-order valence-electron chi connectivity index (χ1n) is 7.51. The average molecular weight is 345 g/mol. The van der Waals surface area contributed by atoms with E-state index in [0.29, 0.717) is 18.2 Å². The number of benzene rings is 1. The van der Waals surface area contributed by atoms with Crippen LogP contribution in [0.4, 0.5) is 4.39 Å². The summed E-state index contributed by atoms with van der Waals surface area (Å²) in [5.41, 5.74) is 1.73. The van der Waals surface area contributed by atoms with E-state index in [1.54, 1.807) is 23.5 Å². The van der Waals surface area contributed by atoms with Crippen molar-refractivity contribution in [2.45, 2.75) is 25.8 Å². The van der Waals surface area contributed by atoms with Crippen LogP contribution in [0.25, 0.3) is 11.5 Å². The van der Waals surface area contributed by atoms with Crippen LogP contribution in [0.1, 0.15) is 30.8 Å². The number of nitrogens with zero attached hydrogens (tertiary/aromatic N) is 2. The van der Waals surface area contributed by atoms with Gasteiger partial charge in [-0.2, -0.15) is 11.3 Å². The van der Waals surface area contributed by atoms with Crippen LogP contribution in [0.5, 0.6) is 0 Å². The average Bonchev–Trinajstić information content (AvgIpc) is 3.25. The standard InChI is InChI=1S/C17H16FN3O2S/c1-11(12-2-4-14(18)5-3-12)19-15(22)6-7-16-20-21-17(23-16)13-8-9-24-10-13/h2-5,8-11H,6-7H2,1H3,(H,19,22)/t11-/m0/s1. The maximum Gasteiger partial charge on any atom is 0.248 e. The molecule has 1 N–H and O–H groups in total. The van der Waals surface area contributed by atoms with Crippen LogP contribution in [-0.4, -0.2) is 16.1 Å². The highest BCUT2D eigenvalue weighted by Gasteiger charge is 2.13. The molecule has 1 aromatic carbocycles. The van der Waals surface area contributed by atoms with E-state index >= 15 is 0 Å². The van der Waals surface area contributed by atoms with Crippen LogP contribution in [-0.2, 0) is 11.2 Å². The second-order valence-corrected chi connectivity index (χ2v) is 6.13. The Morgan fingerprint density at radius 2 is 2.08 bits per heavy atom. The molecular formula is C17H16FN3O2S. The summed E-state index contributed by atoms with van der Waals surface area (Å²) in [5.74, 6) is 0.476. The predicted molar refractivity (Wildman–Crippen MR) is 88.9 cm³/mol. The van der Waals surface area contributed by atoms with Gasteiger partial charge in [-0.25, -0.2) is 4.39 Å². The Bertz CT molecular complexity index is 800. The fraction of sp³-hybridized carbons (Fsp3) is 0.235. The first-order valence-corrected chi connectivity index (χ1v) is 8.46. The van der Waals surface area contributed by atoms with Crippen molar-refractivity contribution >= 4 is 17.2 Å². The van der Waals surface area contributed by atoms with Gasteiger partial charge in [0.25, 0.3) is 0 Å². The molecule has 0 aliphatic carbocycles. The molecule has 0 aliphatic heterocycles. The number of carbonyl (C=O) groups excluding carboxylic acids is 1. The first-order chi connectivity index (χ1) is 11.6.